The molecule has 2 fully saturated rings. The lowest BCUT2D eigenvalue weighted by Gasteiger charge is -2.21. The average molecular weight is 280 g/mol. The van der Waals surface area contributed by atoms with Gasteiger partial charge in [0.1, 0.15) is 0 Å². The largest absolute Gasteiger partial charge is 0.326 e. The van der Waals surface area contributed by atoms with E-state index in [1.807, 2.05) is 0 Å². The highest BCUT2D eigenvalue weighted by atomic mass is 32.2. The minimum atomic E-state index is -3.33. The summed E-state index contributed by atoms with van der Waals surface area (Å²) in [4.78, 5) is 0.400. The number of hydrogen-bond donors (Lipinski definition) is 1. The van der Waals surface area contributed by atoms with Crippen LogP contribution in [0.25, 0.3) is 0 Å². The van der Waals surface area contributed by atoms with E-state index < -0.39 is 10.0 Å². The van der Waals surface area contributed by atoms with Crippen LogP contribution >= 0.6 is 0 Å². The maximum absolute atomic E-state index is 12.7. The van der Waals surface area contributed by atoms with Gasteiger partial charge in [-0.1, -0.05) is 12.1 Å². The quantitative estimate of drug-likeness (QED) is 0.863. The van der Waals surface area contributed by atoms with E-state index in [9.17, 15) is 8.42 Å². The summed E-state index contributed by atoms with van der Waals surface area (Å²) in [5, 5.41) is 0. The molecule has 5 heteroatoms. The highest BCUT2D eigenvalue weighted by molar-refractivity contribution is 7.89. The molecule has 3 rings (SSSR count). The number of nitrogens with two attached hydrogens (primary N) is 1. The topological polar surface area (TPSA) is 63.4 Å². The van der Waals surface area contributed by atoms with E-state index in [2.05, 4.69) is 0 Å². The average Bonchev–Trinajstić information content (AvgIpc) is 3.28. The number of nitrogens with zero attached hydrogens (tertiary/aromatic N) is 1. The van der Waals surface area contributed by atoms with Crippen molar-refractivity contribution in [2.45, 2.75) is 43.2 Å². The fourth-order valence-corrected chi connectivity index (χ4v) is 4.05. The first-order valence-electron chi connectivity index (χ1n) is 6.92. The Morgan fingerprint density at radius 2 is 1.74 bits per heavy atom. The lowest BCUT2D eigenvalue weighted by atomic mass is 10.2. The molecule has 0 aliphatic heterocycles. The summed E-state index contributed by atoms with van der Waals surface area (Å²) in [5.74, 6) is 0.582. The summed E-state index contributed by atoms with van der Waals surface area (Å²) in [7, 11) is -3.33. The monoisotopic (exact) mass is 280 g/mol. The molecule has 2 N–H and O–H groups in total. The van der Waals surface area contributed by atoms with E-state index >= 15 is 0 Å². The predicted octanol–water partition coefficient (Wildman–Crippen LogP) is 1.71. The van der Waals surface area contributed by atoms with Crippen molar-refractivity contribution in [3.05, 3.63) is 29.8 Å². The lowest BCUT2D eigenvalue weighted by Crippen LogP contribution is -2.34. The van der Waals surface area contributed by atoms with Crippen molar-refractivity contribution < 1.29 is 8.42 Å². The molecule has 0 amide bonds. The van der Waals surface area contributed by atoms with Crippen molar-refractivity contribution in [1.82, 2.24) is 4.31 Å². The molecule has 104 valence electrons. The van der Waals surface area contributed by atoms with Gasteiger partial charge in [0, 0.05) is 19.1 Å². The van der Waals surface area contributed by atoms with Crippen LogP contribution in [0.3, 0.4) is 0 Å². The minimum Gasteiger partial charge on any atom is -0.326 e. The molecule has 0 saturated heterocycles. The Morgan fingerprint density at radius 3 is 2.21 bits per heavy atom. The van der Waals surface area contributed by atoms with Gasteiger partial charge >= 0.3 is 0 Å². The molecule has 1 aromatic carbocycles. The lowest BCUT2D eigenvalue weighted by molar-refractivity contribution is 0.389. The fourth-order valence-electron chi connectivity index (χ4n) is 2.29. The van der Waals surface area contributed by atoms with Crippen LogP contribution in [-0.4, -0.2) is 25.3 Å². The minimum absolute atomic E-state index is 0.236. The Bertz CT molecular complexity index is 545. The zero-order valence-corrected chi connectivity index (χ0v) is 11.8. The predicted molar refractivity (Wildman–Crippen MR) is 74.0 cm³/mol. The van der Waals surface area contributed by atoms with Crippen LogP contribution in [0.15, 0.2) is 29.2 Å². The van der Waals surface area contributed by atoms with Gasteiger partial charge in [-0.05, 0) is 49.3 Å². The molecular weight excluding hydrogens is 260 g/mol. The summed E-state index contributed by atoms with van der Waals surface area (Å²) in [6.45, 7) is 1.14. The maximum Gasteiger partial charge on any atom is 0.243 e. The second-order valence-corrected chi connectivity index (χ2v) is 7.49. The van der Waals surface area contributed by atoms with Gasteiger partial charge in [-0.15, -0.1) is 0 Å². The van der Waals surface area contributed by atoms with Crippen LogP contribution < -0.4 is 5.73 Å². The van der Waals surface area contributed by atoms with Gasteiger partial charge in [0.2, 0.25) is 10.0 Å². The summed E-state index contributed by atoms with van der Waals surface area (Å²) < 4.78 is 27.1. The normalized spacial score (nSPS) is 19.9. The number of rotatable bonds is 6. The van der Waals surface area contributed by atoms with Gasteiger partial charge in [-0.3, -0.25) is 0 Å². The van der Waals surface area contributed by atoms with Crippen LogP contribution in [0.4, 0.5) is 0 Å². The van der Waals surface area contributed by atoms with Gasteiger partial charge < -0.3 is 5.73 Å². The molecule has 0 bridgehead atoms. The van der Waals surface area contributed by atoms with Crippen LogP contribution in [-0.2, 0) is 16.6 Å². The molecule has 0 unspecified atom stereocenters. The Hall–Kier alpha value is -0.910. The summed E-state index contributed by atoms with van der Waals surface area (Å²) >= 11 is 0. The third kappa shape index (κ3) is 2.83. The molecule has 0 heterocycles. The third-order valence-electron chi connectivity index (χ3n) is 3.85. The van der Waals surface area contributed by atoms with Crippen LogP contribution in [0.5, 0.6) is 0 Å². The molecule has 0 spiro atoms. The molecule has 0 atom stereocenters. The molecule has 2 aliphatic rings. The van der Waals surface area contributed by atoms with Gasteiger partial charge in [-0.25, -0.2) is 8.42 Å². The van der Waals surface area contributed by atoms with Gasteiger partial charge in [0.05, 0.1) is 4.90 Å². The van der Waals surface area contributed by atoms with Crippen molar-refractivity contribution in [3.8, 4) is 0 Å². The number of sulfonamides is 1. The van der Waals surface area contributed by atoms with Crippen molar-refractivity contribution in [3.63, 3.8) is 0 Å². The van der Waals surface area contributed by atoms with Gasteiger partial charge in [0.25, 0.3) is 0 Å². The van der Waals surface area contributed by atoms with Crippen molar-refractivity contribution >= 4 is 10.0 Å². The maximum atomic E-state index is 12.7. The van der Waals surface area contributed by atoms with Crippen molar-refractivity contribution in [2.24, 2.45) is 11.7 Å². The molecular formula is C14H20N2O2S. The SMILES string of the molecule is NCc1ccc(S(=O)(=O)N(CC2CC2)C2CC2)cc1. The molecule has 4 nitrogen and oxygen atoms in total. The smallest absolute Gasteiger partial charge is 0.243 e. The van der Waals surface area contributed by atoms with Crippen LogP contribution in [0, 0.1) is 5.92 Å². The summed E-state index contributed by atoms with van der Waals surface area (Å²) in [5.41, 5.74) is 6.50. The van der Waals surface area contributed by atoms with Crippen molar-refractivity contribution in [2.75, 3.05) is 6.54 Å². The summed E-state index contributed by atoms with van der Waals surface area (Å²) in [6, 6.07) is 7.20. The van der Waals surface area contributed by atoms with E-state index in [0.29, 0.717) is 23.9 Å². The van der Waals surface area contributed by atoms with Crippen LogP contribution in [0.2, 0.25) is 0 Å². The Morgan fingerprint density at radius 1 is 1.11 bits per heavy atom. The Balaban J connectivity index is 1.85. The fraction of sp³-hybridized carbons (Fsp3) is 0.571. The molecule has 0 radical (unpaired) electrons. The zero-order valence-electron chi connectivity index (χ0n) is 11.0. The van der Waals surface area contributed by atoms with E-state index in [1.165, 1.54) is 12.8 Å². The molecule has 2 saturated carbocycles. The first-order chi connectivity index (χ1) is 9.11. The zero-order chi connectivity index (χ0) is 13.5. The Labute approximate surface area is 114 Å². The van der Waals surface area contributed by atoms with Crippen molar-refractivity contribution in [1.29, 1.82) is 0 Å². The number of hydrogen-bond acceptors (Lipinski definition) is 3. The van der Waals surface area contributed by atoms with E-state index in [0.717, 1.165) is 18.4 Å². The molecule has 2 aliphatic carbocycles. The van der Waals surface area contributed by atoms with Gasteiger partial charge in [0.15, 0.2) is 0 Å². The van der Waals surface area contributed by atoms with E-state index in [1.54, 1.807) is 28.6 Å². The molecule has 1 aromatic rings. The van der Waals surface area contributed by atoms with E-state index in [-0.39, 0.29) is 6.04 Å². The molecule has 19 heavy (non-hydrogen) atoms. The molecule has 0 aromatic heterocycles. The first-order valence-corrected chi connectivity index (χ1v) is 8.36. The first kappa shape index (κ1) is 13.1. The van der Waals surface area contributed by atoms with Crippen LogP contribution in [0.1, 0.15) is 31.2 Å². The second kappa shape index (κ2) is 4.89. The van der Waals surface area contributed by atoms with E-state index in [4.69, 9.17) is 5.73 Å². The van der Waals surface area contributed by atoms with Gasteiger partial charge in [-0.2, -0.15) is 4.31 Å². The standard InChI is InChI=1S/C14H20N2O2S/c15-9-11-3-7-14(8-4-11)19(17,18)16(13-5-6-13)10-12-1-2-12/h3-4,7-8,12-13H,1-2,5-6,9-10,15H2. The summed E-state index contributed by atoms with van der Waals surface area (Å²) in [6.07, 6.45) is 4.36. The number of benzene rings is 1. The highest BCUT2D eigenvalue weighted by Crippen LogP contribution is 2.37. The highest BCUT2D eigenvalue weighted by Gasteiger charge is 2.40. The second-order valence-electron chi connectivity index (χ2n) is 5.60. The third-order valence-corrected chi connectivity index (χ3v) is 5.79. The Kier molecular flexibility index (Phi) is 3.37.